The molecule has 0 fully saturated rings. The number of hydrogen-bond acceptors (Lipinski definition) is 4. The molecule has 0 spiro atoms. The Labute approximate surface area is 59.8 Å². The van der Waals surface area contributed by atoms with Crippen molar-refractivity contribution in [2.75, 3.05) is 7.05 Å². The normalized spacial score (nSPS) is 12.1. The largest absolute Gasteiger partial charge is 0.491 e. The van der Waals surface area contributed by atoms with E-state index < -0.39 is 7.12 Å². The summed E-state index contributed by atoms with van der Waals surface area (Å²) < 4.78 is 0. The summed E-state index contributed by atoms with van der Waals surface area (Å²) in [5, 5.41) is 17.2. The van der Waals surface area contributed by atoms with Crippen molar-refractivity contribution in [3.05, 3.63) is 11.7 Å². The van der Waals surface area contributed by atoms with E-state index in [1.54, 1.807) is 0 Å². The molecule has 54 valence electrons. The molecule has 0 amide bonds. The lowest BCUT2D eigenvalue weighted by atomic mass is 9.81. The number of aliphatic imine (C=N–C) groups is 2. The van der Waals surface area contributed by atoms with Crippen molar-refractivity contribution in [1.29, 1.82) is 0 Å². The number of nitrogens with zero attached hydrogens (tertiary/aromatic N) is 2. The van der Waals surface area contributed by atoms with Crippen LogP contribution in [0, 0.1) is 0 Å². The van der Waals surface area contributed by atoms with Gasteiger partial charge in [-0.2, -0.15) is 0 Å². The lowest BCUT2D eigenvalue weighted by molar-refractivity contribution is 0.422. The van der Waals surface area contributed by atoms with Crippen LogP contribution in [0.1, 0.15) is 0 Å². The molecule has 0 aromatic carbocycles. The molecule has 0 aliphatic carbocycles. The molecule has 5 heteroatoms. The van der Waals surface area contributed by atoms with Crippen LogP contribution in [0.4, 0.5) is 0 Å². The maximum Gasteiger partial charge on any atom is 0.491 e. The summed E-state index contributed by atoms with van der Waals surface area (Å²) in [5.41, 5.74) is 0.220. The highest BCUT2D eigenvalue weighted by atomic mass is 16.4. The summed E-state index contributed by atoms with van der Waals surface area (Å²) in [7, 11) is -0.00606. The molecule has 0 bridgehead atoms. The zero-order valence-electron chi connectivity index (χ0n) is 5.73. The Morgan fingerprint density at radius 3 is 2.50 bits per heavy atom. The van der Waals surface area contributed by atoms with Gasteiger partial charge in [-0.3, -0.25) is 9.98 Å². The summed E-state index contributed by atoms with van der Waals surface area (Å²) in [4.78, 5) is 6.93. The van der Waals surface area contributed by atoms with E-state index in [-0.39, 0.29) is 5.47 Å². The average molecular weight is 140 g/mol. The second kappa shape index (κ2) is 4.90. The zero-order valence-corrected chi connectivity index (χ0v) is 5.73. The molecule has 0 rings (SSSR count). The quantitative estimate of drug-likeness (QED) is 0.401. The Morgan fingerprint density at radius 1 is 1.60 bits per heavy atom. The van der Waals surface area contributed by atoms with Gasteiger partial charge >= 0.3 is 7.12 Å². The fourth-order valence-corrected chi connectivity index (χ4v) is 0.421. The lowest BCUT2D eigenvalue weighted by Gasteiger charge is -1.94. The molecule has 0 aromatic rings. The summed E-state index contributed by atoms with van der Waals surface area (Å²) in [6.45, 7) is 3.15. The molecule has 10 heavy (non-hydrogen) atoms. The Balaban J connectivity index is 4.25. The first-order chi connectivity index (χ1) is 4.72. The van der Waals surface area contributed by atoms with E-state index in [4.69, 9.17) is 10.0 Å². The van der Waals surface area contributed by atoms with Gasteiger partial charge in [-0.1, -0.05) is 0 Å². The van der Waals surface area contributed by atoms with Crippen LogP contribution in [0.2, 0.25) is 0 Å². The molecule has 4 nitrogen and oxygen atoms in total. The zero-order chi connectivity index (χ0) is 7.98. The molecule has 0 aliphatic heterocycles. The van der Waals surface area contributed by atoms with Crippen LogP contribution in [0.15, 0.2) is 21.7 Å². The van der Waals surface area contributed by atoms with Gasteiger partial charge < -0.3 is 10.0 Å². The summed E-state index contributed by atoms with van der Waals surface area (Å²) in [5.74, 6) is 0. The average Bonchev–Trinajstić information content (AvgIpc) is 1.87. The van der Waals surface area contributed by atoms with Crippen molar-refractivity contribution in [2.24, 2.45) is 9.98 Å². The van der Waals surface area contributed by atoms with Crippen LogP contribution in [0.3, 0.4) is 0 Å². The third kappa shape index (κ3) is 3.16. The Kier molecular flexibility index (Phi) is 4.44. The molecular weight excluding hydrogens is 131 g/mol. The Morgan fingerprint density at radius 2 is 2.20 bits per heavy atom. The second-order valence-corrected chi connectivity index (χ2v) is 1.57. The van der Waals surface area contributed by atoms with Crippen molar-refractivity contribution in [1.82, 2.24) is 0 Å². The van der Waals surface area contributed by atoms with Gasteiger partial charge in [0.1, 0.15) is 0 Å². The van der Waals surface area contributed by atoms with Crippen molar-refractivity contribution < 1.29 is 10.0 Å². The van der Waals surface area contributed by atoms with E-state index in [0.29, 0.717) is 0 Å². The van der Waals surface area contributed by atoms with E-state index in [2.05, 4.69) is 16.7 Å². The van der Waals surface area contributed by atoms with Crippen LogP contribution in [0.5, 0.6) is 0 Å². The van der Waals surface area contributed by atoms with Crippen LogP contribution >= 0.6 is 0 Å². The van der Waals surface area contributed by atoms with E-state index in [0.717, 1.165) is 0 Å². The molecule has 0 saturated heterocycles. The van der Waals surface area contributed by atoms with Gasteiger partial charge in [0, 0.05) is 24.9 Å². The topological polar surface area (TPSA) is 65.2 Å². The molecule has 0 radical (unpaired) electrons. The van der Waals surface area contributed by atoms with Crippen molar-refractivity contribution in [2.45, 2.75) is 0 Å². The number of rotatable bonds is 3. The van der Waals surface area contributed by atoms with E-state index >= 15 is 0 Å². The predicted octanol–water partition coefficient (Wildman–Crippen LogP) is -0.717. The maximum absolute atomic E-state index is 8.58. The van der Waals surface area contributed by atoms with E-state index in [9.17, 15) is 0 Å². The molecule has 0 atom stereocenters. The van der Waals surface area contributed by atoms with Gasteiger partial charge in [-0.15, -0.1) is 0 Å². The third-order valence-electron chi connectivity index (χ3n) is 0.817. The Bertz CT molecular complexity index is 165. The Hall–Kier alpha value is -0.935. The fourth-order valence-electron chi connectivity index (χ4n) is 0.421. The second-order valence-electron chi connectivity index (χ2n) is 1.57. The van der Waals surface area contributed by atoms with Gasteiger partial charge in [0.2, 0.25) is 0 Å². The van der Waals surface area contributed by atoms with Crippen LogP contribution < -0.4 is 0 Å². The van der Waals surface area contributed by atoms with Gasteiger partial charge in [-0.25, -0.2) is 0 Å². The third-order valence-corrected chi connectivity index (χ3v) is 0.817. The lowest BCUT2D eigenvalue weighted by Crippen LogP contribution is -2.16. The van der Waals surface area contributed by atoms with Crippen molar-refractivity contribution in [3.8, 4) is 0 Å². The molecule has 0 aromatic heterocycles. The first-order valence-electron chi connectivity index (χ1n) is 2.66. The van der Waals surface area contributed by atoms with Crippen LogP contribution in [-0.2, 0) is 0 Å². The maximum atomic E-state index is 8.58. The summed E-state index contributed by atoms with van der Waals surface area (Å²) in [6, 6.07) is 0. The SMILES string of the molecule is C=N/C=C(\C=NC)B(O)O. The minimum Gasteiger partial charge on any atom is -0.423 e. The molecule has 2 N–H and O–H groups in total. The van der Waals surface area contributed by atoms with Gasteiger partial charge in [0.05, 0.1) is 0 Å². The van der Waals surface area contributed by atoms with Crippen LogP contribution in [-0.4, -0.2) is 37.1 Å². The molecular formula is C5H9BN2O2. The summed E-state index contributed by atoms with van der Waals surface area (Å²) >= 11 is 0. The number of allylic oxidation sites excluding steroid dienone is 1. The monoisotopic (exact) mass is 140 g/mol. The molecule has 0 unspecified atom stereocenters. The van der Waals surface area contributed by atoms with Gasteiger partial charge in [0.15, 0.2) is 0 Å². The fraction of sp³-hybridized carbons (Fsp3) is 0.200. The standard InChI is InChI=1S/C5H9BN2O2/c1-7-3-5(4-8-2)6(9)10/h3-4,9-10H,1H2,2H3/b5-3+,8-4?. The minimum atomic E-state index is -1.53. The predicted molar refractivity (Wildman–Crippen MR) is 42.2 cm³/mol. The summed E-state index contributed by atoms with van der Waals surface area (Å²) in [6.07, 6.45) is 2.54. The highest BCUT2D eigenvalue weighted by Crippen LogP contribution is 1.91. The van der Waals surface area contributed by atoms with Crippen molar-refractivity contribution >= 4 is 20.1 Å². The number of hydrogen-bond donors (Lipinski definition) is 2. The van der Waals surface area contributed by atoms with E-state index in [1.807, 2.05) is 0 Å². The van der Waals surface area contributed by atoms with Crippen molar-refractivity contribution in [3.63, 3.8) is 0 Å². The van der Waals surface area contributed by atoms with E-state index in [1.165, 1.54) is 19.5 Å². The highest BCUT2D eigenvalue weighted by molar-refractivity contribution is 6.56. The first kappa shape index (κ1) is 9.06. The smallest absolute Gasteiger partial charge is 0.423 e. The first-order valence-corrected chi connectivity index (χ1v) is 2.66. The molecule has 0 saturated carbocycles. The highest BCUT2D eigenvalue weighted by Gasteiger charge is 2.10. The van der Waals surface area contributed by atoms with Gasteiger partial charge in [0.25, 0.3) is 0 Å². The minimum absolute atomic E-state index is 0.220. The molecule has 0 heterocycles. The van der Waals surface area contributed by atoms with Gasteiger partial charge in [-0.05, 0) is 6.72 Å². The molecule has 0 aliphatic rings. The van der Waals surface area contributed by atoms with Crippen LogP contribution in [0.25, 0.3) is 0 Å².